The van der Waals surface area contributed by atoms with Crippen molar-refractivity contribution in [2.75, 3.05) is 12.4 Å². The maximum Gasteiger partial charge on any atom is 0.0864 e. The molecule has 0 aliphatic carbocycles. The van der Waals surface area contributed by atoms with Gasteiger partial charge in [-0.15, -0.1) is 11.8 Å². The van der Waals surface area contributed by atoms with Crippen molar-refractivity contribution in [2.24, 2.45) is 5.73 Å². The van der Waals surface area contributed by atoms with E-state index < -0.39 is 6.10 Å². The monoisotopic (exact) mass is 228 g/mol. The van der Waals surface area contributed by atoms with E-state index in [-0.39, 0.29) is 12.6 Å². The Morgan fingerprint density at radius 1 is 1.53 bits per heavy atom. The zero-order valence-corrected chi connectivity index (χ0v) is 9.44. The van der Waals surface area contributed by atoms with Crippen molar-refractivity contribution < 1.29 is 10.2 Å². The molecular formula is C10H16N2O2S. The van der Waals surface area contributed by atoms with Gasteiger partial charge in [0.1, 0.15) is 0 Å². The van der Waals surface area contributed by atoms with Gasteiger partial charge >= 0.3 is 0 Å². The van der Waals surface area contributed by atoms with Crippen LogP contribution in [0.2, 0.25) is 0 Å². The smallest absolute Gasteiger partial charge is 0.0864 e. The summed E-state index contributed by atoms with van der Waals surface area (Å²) in [5, 5.41) is 17.8. The highest BCUT2D eigenvalue weighted by Crippen LogP contribution is 2.18. The van der Waals surface area contributed by atoms with Crippen LogP contribution in [0.25, 0.3) is 0 Å². The summed E-state index contributed by atoms with van der Waals surface area (Å²) in [6, 6.07) is 3.73. The van der Waals surface area contributed by atoms with Crippen LogP contribution in [0.15, 0.2) is 23.2 Å². The fourth-order valence-corrected chi connectivity index (χ4v) is 1.77. The molecule has 84 valence electrons. The lowest BCUT2D eigenvalue weighted by Crippen LogP contribution is -2.14. The van der Waals surface area contributed by atoms with Gasteiger partial charge in [-0.1, -0.05) is 0 Å². The Bertz CT molecular complexity index is 290. The molecule has 1 rings (SSSR count). The van der Waals surface area contributed by atoms with Gasteiger partial charge in [-0.2, -0.15) is 0 Å². The van der Waals surface area contributed by atoms with Crippen LogP contribution in [-0.4, -0.2) is 33.7 Å². The standard InChI is InChI=1S/C10H16N2O2S/c1-7(11)10-3-2-9(4-12-10)15-6-8(14)5-13/h2-4,7-8,13-14H,5-6,11H2,1H3/t7-,8?/m0/s1. The molecule has 0 amide bonds. The van der Waals surface area contributed by atoms with Gasteiger partial charge in [-0.3, -0.25) is 4.98 Å². The lowest BCUT2D eigenvalue weighted by atomic mass is 10.2. The Balaban J connectivity index is 2.50. The van der Waals surface area contributed by atoms with E-state index >= 15 is 0 Å². The summed E-state index contributed by atoms with van der Waals surface area (Å²) in [5.74, 6) is 0.468. The number of pyridine rings is 1. The van der Waals surface area contributed by atoms with Gasteiger partial charge in [0.25, 0.3) is 0 Å². The predicted octanol–water partition coefficient (Wildman–Crippen LogP) is 0.547. The molecule has 0 aliphatic heterocycles. The second kappa shape index (κ2) is 6.07. The lowest BCUT2D eigenvalue weighted by molar-refractivity contribution is 0.113. The molecule has 1 unspecified atom stereocenters. The second-order valence-electron chi connectivity index (χ2n) is 3.35. The van der Waals surface area contributed by atoms with Crippen LogP contribution >= 0.6 is 11.8 Å². The van der Waals surface area contributed by atoms with Crippen LogP contribution in [0.1, 0.15) is 18.7 Å². The van der Waals surface area contributed by atoms with Crippen molar-refractivity contribution in [1.29, 1.82) is 0 Å². The van der Waals surface area contributed by atoms with Crippen LogP contribution in [0.5, 0.6) is 0 Å². The van der Waals surface area contributed by atoms with Crippen LogP contribution < -0.4 is 5.73 Å². The molecule has 1 aromatic heterocycles. The highest BCUT2D eigenvalue weighted by Gasteiger charge is 2.04. The van der Waals surface area contributed by atoms with Crippen LogP contribution in [-0.2, 0) is 0 Å². The van der Waals surface area contributed by atoms with Crippen LogP contribution in [0, 0.1) is 0 Å². The fourth-order valence-electron chi connectivity index (χ4n) is 0.992. The van der Waals surface area contributed by atoms with Gasteiger partial charge < -0.3 is 15.9 Å². The highest BCUT2D eigenvalue weighted by molar-refractivity contribution is 7.99. The Morgan fingerprint density at radius 3 is 2.73 bits per heavy atom. The zero-order valence-electron chi connectivity index (χ0n) is 8.63. The first-order valence-corrected chi connectivity index (χ1v) is 5.75. The summed E-state index contributed by atoms with van der Waals surface area (Å²) in [7, 11) is 0. The summed E-state index contributed by atoms with van der Waals surface area (Å²) in [6.07, 6.45) is 1.05. The molecule has 4 nitrogen and oxygen atoms in total. The van der Waals surface area contributed by atoms with Crippen LogP contribution in [0.3, 0.4) is 0 Å². The second-order valence-corrected chi connectivity index (χ2v) is 4.45. The van der Waals surface area contributed by atoms with Crippen LogP contribution in [0.4, 0.5) is 0 Å². The number of hydrogen-bond acceptors (Lipinski definition) is 5. The van der Waals surface area contributed by atoms with Gasteiger partial charge in [0.2, 0.25) is 0 Å². The number of aliphatic hydroxyl groups is 2. The lowest BCUT2D eigenvalue weighted by Gasteiger charge is -2.07. The van der Waals surface area contributed by atoms with Gasteiger partial charge in [-0.25, -0.2) is 0 Å². The molecular weight excluding hydrogens is 212 g/mol. The average Bonchev–Trinajstić information content (AvgIpc) is 2.26. The minimum atomic E-state index is -0.678. The molecule has 0 bridgehead atoms. The summed E-state index contributed by atoms with van der Waals surface area (Å²) in [4.78, 5) is 5.16. The Kier molecular flexibility index (Phi) is 5.04. The van der Waals surface area contributed by atoms with Crippen molar-refractivity contribution in [1.82, 2.24) is 4.98 Å². The van der Waals surface area contributed by atoms with E-state index in [0.29, 0.717) is 5.75 Å². The number of rotatable bonds is 5. The molecule has 0 spiro atoms. The van der Waals surface area contributed by atoms with E-state index in [0.717, 1.165) is 10.6 Å². The van der Waals surface area contributed by atoms with Crippen molar-refractivity contribution in [3.05, 3.63) is 24.0 Å². The topological polar surface area (TPSA) is 79.4 Å². The molecule has 4 N–H and O–H groups in total. The van der Waals surface area contributed by atoms with E-state index in [4.69, 9.17) is 15.9 Å². The first-order valence-electron chi connectivity index (χ1n) is 4.76. The number of hydrogen-bond donors (Lipinski definition) is 3. The molecule has 0 aliphatic rings. The molecule has 1 heterocycles. The molecule has 2 atom stereocenters. The number of nitrogens with zero attached hydrogens (tertiary/aromatic N) is 1. The van der Waals surface area contributed by atoms with E-state index in [1.807, 2.05) is 19.1 Å². The Morgan fingerprint density at radius 2 is 2.27 bits per heavy atom. The number of aromatic nitrogens is 1. The van der Waals surface area contributed by atoms with Gasteiger partial charge in [0, 0.05) is 22.9 Å². The number of thioether (sulfide) groups is 1. The fraction of sp³-hybridized carbons (Fsp3) is 0.500. The summed E-state index contributed by atoms with van der Waals surface area (Å²) in [5.41, 5.74) is 6.51. The Labute approximate surface area is 93.5 Å². The highest BCUT2D eigenvalue weighted by atomic mass is 32.2. The third-order valence-electron chi connectivity index (χ3n) is 1.88. The van der Waals surface area contributed by atoms with Crippen molar-refractivity contribution >= 4 is 11.8 Å². The van der Waals surface area contributed by atoms with E-state index in [2.05, 4.69) is 4.98 Å². The molecule has 0 radical (unpaired) electrons. The quantitative estimate of drug-likeness (QED) is 0.641. The summed E-state index contributed by atoms with van der Waals surface area (Å²) in [6.45, 7) is 1.67. The molecule has 0 saturated carbocycles. The first kappa shape index (κ1) is 12.4. The molecule has 15 heavy (non-hydrogen) atoms. The van der Waals surface area contributed by atoms with Gasteiger partial charge in [0.05, 0.1) is 18.4 Å². The first-order chi connectivity index (χ1) is 7.13. The van der Waals surface area contributed by atoms with Crippen molar-refractivity contribution in [3.8, 4) is 0 Å². The minimum absolute atomic E-state index is 0.0629. The normalized spacial score (nSPS) is 14.9. The average molecular weight is 228 g/mol. The van der Waals surface area contributed by atoms with Crippen molar-refractivity contribution in [3.63, 3.8) is 0 Å². The third kappa shape index (κ3) is 4.17. The number of nitrogens with two attached hydrogens (primary N) is 1. The van der Waals surface area contributed by atoms with Gasteiger partial charge in [-0.05, 0) is 19.1 Å². The molecule has 5 heteroatoms. The summed E-state index contributed by atoms with van der Waals surface area (Å²) < 4.78 is 0. The van der Waals surface area contributed by atoms with Gasteiger partial charge in [0.15, 0.2) is 0 Å². The van der Waals surface area contributed by atoms with E-state index in [1.54, 1.807) is 6.20 Å². The predicted molar refractivity (Wildman–Crippen MR) is 60.7 cm³/mol. The van der Waals surface area contributed by atoms with Crippen molar-refractivity contribution in [2.45, 2.75) is 24.0 Å². The SMILES string of the molecule is C[C@H](N)c1ccc(SCC(O)CO)cn1. The minimum Gasteiger partial charge on any atom is -0.394 e. The maximum absolute atomic E-state index is 9.15. The molecule has 0 aromatic carbocycles. The largest absolute Gasteiger partial charge is 0.394 e. The van der Waals surface area contributed by atoms with E-state index in [9.17, 15) is 0 Å². The van der Waals surface area contributed by atoms with E-state index in [1.165, 1.54) is 11.8 Å². The summed E-state index contributed by atoms with van der Waals surface area (Å²) >= 11 is 1.46. The Hall–Kier alpha value is -0.620. The molecule has 1 aromatic rings. The number of aliphatic hydroxyl groups excluding tert-OH is 2. The zero-order chi connectivity index (χ0) is 11.3. The maximum atomic E-state index is 9.15. The molecule has 0 fully saturated rings. The third-order valence-corrected chi connectivity index (χ3v) is 3.01. The molecule has 0 saturated heterocycles.